The van der Waals surface area contributed by atoms with Crippen LogP contribution in [0, 0.1) is 23.7 Å². The van der Waals surface area contributed by atoms with Crippen LogP contribution < -0.4 is 0 Å². The van der Waals surface area contributed by atoms with Crippen LogP contribution in [-0.4, -0.2) is 12.6 Å². The fourth-order valence-electron chi connectivity index (χ4n) is 1.27. The first kappa shape index (κ1) is 11.7. The van der Waals surface area contributed by atoms with Gasteiger partial charge in [0.25, 0.3) is 0 Å². The van der Waals surface area contributed by atoms with Crippen molar-refractivity contribution in [1.82, 2.24) is 0 Å². The number of cyclic esters (lactones) is 1. The number of hydrogen-bond donors (Lipinski definition) is 0. The summed E-state index contributed by atoms with van der Waals surface area (Å²) in [5, 5.41) is 0. The lowest BCUT2D eigenvalue weighted by molar-refractivity contribution is -0.143. The molecule has 2 heteroatoms. The zero-order valence-electron chi connectivity index (χ0n) is 8.97. The molecule has 0 saturated carbocycles. The van der Waals surface area contributed by atoms with Crippen molar-refractivity contribution in [1.29, 1.82) is 0 Å². The minimum absolute atomic E-state index is 0.0777. The van der Waals surface area contributed by atoms with Crippen LogP contribution in [0.1, 0.15) is 44.9 Å². The molecule has 1 aliphatic heterocycles. The fourth-order valence-corrected chi connectivity index (χ4v) is 1.27. The summed E-state index contributed by atoms with van der Waals surface area (Å²) < 4.78 is 5.06. The van der Waals surface area contributed by atoms with Gasteiger partial charge in [-0.2, -0.15) is 0 Å². The Bertz CT molecular complexity index is 309. The van der Waals surface area contributed by atoms with Crippen LogP contribution in [0.2, 0.25) is 0 Å². The van der Waals surface area contributed by atoms with Gasteiger partial charge >= 0.3 is 5.97 Å². The molecule has 2 nitrogen and oxygen atoms in total. The highest BCUT2D eigenvalue weighted by Crippen LogP contribution is 2.02. The molecule has 0 aromatic heterocycles. The van der Waals surface area contributed by atoms with Crippen molar-refractivity contribution in [3.8, 4) is 23.7 Å². The second-order valence-electron chi connectivity index (χ2n) is 3.49. The quantitative estimate of drug-likeness (QED) is 0.447. The molecule has 0 amide bonds. The van der Waals surface area contributed by atoms with Crippen LogP contribution in [0.5, 0.6) is 0 Å². The average Bonchev–Trinajstić information content (AvgIpc) is 2.24. The third-order valence-electron chi connectivity index (χ3n) is 2.13. The van der Waals surface area contributed by atoms with Crippen LogP contribution >= 0.6 is 0 Å². The molecule has 0 atom stereocenters. The van der Waals surface area contributed by atoms with Crippen molar-refractivity contribution < 1.29 is 9.53 Å². The predicted molar refractivity (Wildman–Crippen MR) is 58.8 cm³/mol. The van der Waals surface area contributed by atoms with Crippen molar-refractivity contribution in [3.05, 3.63) is 0 Å². The molecule has 0 aromatic rings. The summed E-state index contributed by atoms with van der Waals surface area (Å²) in [4.78, 5) is 11.2. The zero-order valence-corrected chi connectivity index (χ0v) is 8.97. The molecule has 0 bridgehead atoms. The summed E-state index contributed by atoms with van der Waals surface area (Å²) in [6.07, 6.45) is 5.86. The molecule has 1 aliphatic rings. The number of hydrogen-bond acceptors (Lipinski definition) is 2. The highest BCUT2D eigenvalue weighted by Gasteiger charge is 2.01. The summed E-state index contributed by atoms with van der Waals surface area (Å²) in [7, 11) is 0. The number of ether oxygens (including phenoxy) is 1. The maximum absolute atomic E-state index is 11.2. The minimum atomic E-state index is -0.0777. The van der Waals surface area contributed by atoms with Crippen molar-refractivity contribution in [3.63, 3.8) is 0 Å². The molecule has 0 unspecified atom stereocenters. The normalized spacial score (nSPS) is 18.5. The molecule has 1 heterocycles. The zero-order chi connectivity index (χ0) is 10.8. The van der Waals surface area contributed by atoms with Crippen LogP contribution in [0.15, 0.2) is 0 Å². The molecule has 1 rings (SSSR count). The second kappa shape index (κ2) is 7.94. The second-order valence-corrected chi connectivity index (χ2v) is 3.49. The van der Waals surface area contributed by atoms with E-state index in [0.29, 0.717) is 13.0 Å². The average molecular weight is 204 g/mol. The first-order valence-corrected chi connectivity index (χ1v) is 5.51. The van der Waals surface area contributed by atoms with E-state index < -0.39 is 0 Å². The Labute approximate surface area is 91.4 Å². The number of rotatable bonds is 0. The van der Waals surface area contributed by atoms with E-state index in [1.54, 1.807) is 0 Å². The van der Waals surface area contributed by atoms with E-state index in [0.717, 1.165) is 38.5 Å². The molecule has 0 saturated heterocycles. The van der Waals surface area contributed by atoms with Crippen LogP contribution in [0.4, 0.5) is 0 Å². The van der Waals surface area contributed by atoms with Gasteiger partial charge in [-0.3, -0.25) is 4.79 Å². The van der Waals surface area contributed by atoms with Gasteiger partial charge in [0, 0.05) is 19.3 Å². The lowest BCUT2D eigenvalue weighted by atomic mass is 10.2. The fraction of sp³-hybridized carbons (Fsp3) is 0.615. The number of carbonyl (C=O) groups excluding carboxylic acids is 1. The van der Waals surface area contributed by atoms with Crippen molar-refractivity contribution in [2.45, 2.75) is 44.9 Å². The van der Waals surface area contributed by atoms with E-state index in [4.69, 9.17) is 4.74 Å². The molecular formula is C13H16O2. The largest absolute Gasteiger partial charge is 0.466 e. The molecule has 80 valence electrons. The minimum Gasteiger partial charge on any atom is -0.466 e. The SMILES string of the molecule is O=C1CCCCC#CC#CCCCCO1. The third-order valence-corrected chi connectivity index (χ3v) is 2.13. The van der Waals surface area contributed by atoms with Crippen LogP contribution in [0.25, 0.3) is 0 Å². The standard InChI is InChI=1S/C13H16O2/c14-13-11-9-7-5-3-1-2-4-6-8-10-12-15-13/h5-12H2. The van der Waals surface area contributed by atoms with Gasteiger partial charge in [-0.1, -0.05) is 11.8 Å². The molecule has 15 heavy (non-hydrogen) atoms. The Morgan fingerprint density at radius 3 is 2.33 bits per heavy atom. The topological polar surface area (TPSA) is 26.3 Å². The van der Waals surface area contributed by atoms with Gasteiger partial charge in [0.05, 0.1) is 6.61 Å². The Hall–Kier alpha value is -1.41. The first-order valence-electron chi connectivity index (χ1n) is 5.51. The summed E-state index contributed by atoms with van der Waals surface area (Å²) in [5.74, 6) is 11.5. The summed E-state index contributed by atoms with van der Waals surface area (Å²) in [5.41, 5.74) is 0. The Kier molecular flexibility index (Phi) is 6.18. The van der Waals surface area contributed by atoms with E-state index >= 15 is 0 Å². The van der Waals surface area contributed by atoms with Gasteiger partial charge in [0.1, 0.15) is 0 Å². The predicted octanol–water partition coefficient (Wildman–Crippen LogP) is 2.28. The summed E-state index contributed by atoms with van der Waals surface area (Å²) >= 11 is 0. The van der Waals surface area contributed by atoms with Gasteiger partial charge in [0.15, 0.2) is 0 Å². The van der Waals surface area contributed by atoms with Gasteiger partial charge in [-0.05, 0) is 37.5 Å². The molecule has 0 aromatic carbocycles. The smallest absolute Gasteiger partial charge is 0.305 e. The molecule has 0 N–H and O–H groups in total. The van der Waals surface area contributed by atoms with Crippen molar-refractivity contribution in [2.75, 3.05) is 6.61 Å². The van der Waals surface area contributed by atoms with Gasteiger partial charge in [0.2, 0.25) is 0 Å². The highest BCUT2D eigenvalue weighted by atomic mass is 16.5. The Balaban J connectivity index is 2.35. The van der Waals surface area contributed by atoms with Crippen molar-refractivity contribution in [2.24, 2.45) is 0 Å². The number of carbonyl (C=O) groups is 1. The van der Waals surface area contributed by atoms with Crippen LogP contribution in [0.3, 0.4) is 0 Å². The van der Waals surface area contributed by atoms with E-state index in [1.807, 2.05) is 0 Å². The highest BCUT2D eigenvalue weighted by molar-refractivity contribution is 5.69. The molecule has 0 aliphatic carbocycles. The lowest BCUT2D eigenvalue weighted by Crippen LogP contribution is -2.05. The van der Waals surface area contributed by atoms with Gasteiger partial charge in [-0.15, -0.1) is 0 Å². The first-order chi connectivity index (χ1) is 7.39. The van der Waals surface area contributed by atoms with E-state index in [9.17, 15) is 4.79 Å². The third kappa shape index (κ3) is 6.63. The van der Waals surface area contributed by atoms with E-state index in [-0.39, 0.29) is 5.97 Å². The van der Waals surface area contributed by atoms with Crippen LogP contribution in [-0.2, 0) is 9.53 Å². The lowest BCUT2D eigenvalue weighted by Gasteiger charge is -2.03. The summed E-state index contributed by atoms with van der Waals surface area (Å²) in [6.45, 7) is 0.534. The summed E-state index contributed by atoms with van der Waals surface area (Å²) in [6, 6.07) is 0. The van der Waals surface area contributed by atoms with E-state index in [1.165, 1.54) is 0 Å². The molecule has 0 spiro atoms. The maximum atomic E-state index is 11.2. The molecular weight excluding hydrogens is 188 g/mol. The Morgan fingerprint density at radius 2 is 1.60 bits per heavy atom. The number of esters is 1. The maximum Gasteiger partial charge on any atom is 0.305 e. The van der Waals surface area contributed by atoms with Gasteiger partial charge in [-0.25, -0.2) is 0 Å². The monoisotopic (exact) mass is 204 g/mol. The Morgan fingerprint density at radius 1 is 0.933 bits per heavy atom. The molecule has 0 radical (unpaired) electrons. The van der Waals surface area contributed by atoms with E-state index in [2.05, 4.69) is 23.7 Å². The van der Waals surface area contributed by atoms with Gasteiger partial charge < -0.3 is 4.74 Å². The molecule has 0 fully saturated rings. The van der Waals surface area contributed by atoms with Crippen molar-refractivity contribution >= 4 is 5.97 Å².